The largest absolute Gasteiger partial charge is 0.458 e. The monoisotopic (exact) mass is 386 g/mol. The molecule has 0 N–H and O–H groups in total. The number of aromatic nitrogens is 1. The summed E-state index contributed by atoms with van der Waals surface area (Å²) >= 11 is 0. The van der Waals surface area contributed by atoms with E-state index in [-0.39, 0.29) is 6.61 Å². The van der Waals surface area contributed by atoms with Gasteiger partial charge in [0.05, 0.1) is 0 Å². The summed E-state index contributed by atoms with van der Waals surface area (Å²) in [5, 5.41) is 0. The number of nitrogens with zero attached hydrogens (tertiary/aromatic N) is 2. The molecule has 1 aliphatic heterocycles. The van der Waals surface area contributed by atoms with E-state index in [2.05, 4.69) is 4.98 Å². The van der Waals surface area contributed by atoms with Crippen LogP contribution in [0.3, 0.4) is 0 Å². The van der Waals surface area contributed by atoms with Crippen molar-refractivity contribution < 1.29 is 23.5 Å². The highest BCUT2D eigenvalue weighted by Crippen LogP contribution is 2.22. The van der Waals surface area contributed by atoms with Gasteiger partial charge in [0, 0.05) is 12.1 Å². The second-order valence-electron chi connectivity index (χ2n) is 7.80. The molecule has 1 aromatic carbocycles. The molecule has 0 aliphatic carbocycles. The highest BCUT2D eigenvalue weighted by molar-refractivity contribution is 5.81. The number of piperidine rings is 1. The normalized spacial score (nSPS) is 17.2. The van der Waals surface area contributed by atoms with Crippen LogP contribution in [0.5, 0.6) is 0 Å². The minimum atomic E-state index is -0.635. The lowest BCUT2D eigenvalue weighted by Gasteiger charge is -2.35. The van der Waals surface area contributed by atoms with E-state index in [4.69, 9.17) is 13.9 Å². The van der Waals surface area contributed by atoms with Gasteiger partial charge in [0.25, 0.3) is 0 Å². The summed E-state index contributed by atoms with van der Waals surface area (Å²) in [6, 6.07) is 8.85. The van der Waals surface area contributed by atoms with E-state index in [1.807, 2.05) is 30.3 Å². The average molecular weight is 386 g/mol. The summed E-state index contributed by atoms with van der Waals surface area (Å²) in [5.41, 5.74) is 0.757. The third kappa shape index (κ3) is 5.12. The van der Waals surface area contributed by atoms with Crippen molar-refractivity contribution in [2.24, 2.45) is 0 Å². The lowest BCUT2D eigenvalue weighted by atomic mass is 10.0. The molecule has 0 unspecified atom stereocenters. The number of benzene rings is 1. The van der Waals surface area contributed by atoms with Crippen molar-refractivity contribution in [1.82, 2.24) is 9.88 Å². The topological polar surface area (TPSA) is 81.9 Å². The SMILES string of the molecule is CC(C)(C)OC(=O)N1CCCC[C@@H]1C(=O)OCc1coc(-c2ccccc2)n1. The van der Waals surface area contributed by atoms with Crippen molar-refractivity contribution in [3.63, 3.8) is 0 Å². The average Bonchev–Trinajstić information content (AvgIpc) is 3.14. The molecule has 1 atom stereocenters. The molecule has 150 valence electrons. The summed E-state index contributed by atoms with van der Waals surface area (Å²) in [6.45, 7) is 5.88. The van der Waals surface area contributed by atoms with Crippen LogP contribution in [0, 0.1) is 0 Å². The van der Waals surface area contributed by atoms with E-state index < -0.39 is 23.7 Å². The molecule has 3 rings (SSSR count). The Hall–Kier alpha value is -2.83. The zero-order chi connectivity index (χ0) is 20.1. The maximum absolute atomic E-state index is 12.6. The molecule has 2 heterocycles. The van der Waals surface area contributed by atoms with Crippen LogP contribution in [0.2, 0.25) is 0 Å². The Morgan fingerprint density at radius 1 is 1.21 bits per heavy atom. The van der Waals surface area contributed by atoms with Crippen molar-refractivity contribution in [1.29, 1.82) is 0 Å². The molecule has 1 aliphatic rings. The number of rotatable bonds is 4. The van der Waals surface area contributed by atoms with Crippen LogP contribution in [0.15, 0.2) is 41.0 Å². The first-order valence-electron chi connectivity index (χ1n) is 9.49. The second-order valence-corrected chi connectivity index (χ2v) is 7.80. The number of ether oxygens (including phenoxy) is 2. The van der Waals surface area contributed by atoms with Gasteiger partial charge in [0.1, 0.15) is 30.2 Å². The first-order valence-corrected chi connectivity index (χ1v) is 9.49. The zero-order valence-electron chi connectivity index (χ0n) is 16.5. The Morgan fingerprint density at radius 2 is 1.96 bits per heavy atom. The number of hydrogen-bond donors (Lipinski definition) is 0. The molecule has 1 fully saturated rings. The van der Waals surface area contributed by atoms with E-state index in [1.165, 1.54) is 11.2 Å². The third-order valence-corrected chi connectivity index (χ3v) is 4.34. The first-order chi connectivity index (χ1) is 13.3. The van der Waals surface area contributed by atoms with E-state index >= 15 is 0 Å². The Morgan fingerprint density at radius 3 is 2.68 bits per heavy atom. The highest BCUT2D eigenvalue weighted by Gasteiger charge is 2.35. The van der Waals surface area contributed by atoms with E-state index in [9.17, 15) is 9.59 Å². The quantitative estimate of drug-likeness (QED) is 0.734. The van der Waals surface area contributed by atoms with Crippen LogP contribution in [0.1, 0.15) is 45.7 Å². The van der Waals surface area contributed by atoms with Crippen LogP contribution < -0.4 is 0 Å². The standard InChI is InChI=1S/C21H26N2O5/c1-21(2,3)28-20(25)23-12-8-7-11-17(23)19(24)27-14-16-13-26-18(22-16)15-9-5-4-6-10-15/h4-6,9-10,13,17H,7-8,11-12,14H2,1-3H3/t17-/m1/s1. The van der Waals surface area contributed by atoms with Gasteiger partial charge in [0.2, 0.25) is 5.89 Å². The smallest absolute Gasteiger partial charge is 0.411 e. The number of hydrogen-bond acceptors (Lipinski definition) is 6. The van der Waals surface area contributed by atoms with Crippen LogP contribution >= 0.6 is 0 Å². The minimum absolute atomic E-state index is 0.00613. The molecular formula is C21H26N2O5. The van der Waals surface area contributed by atoms with Crippen LogP contribution in [-0.2, 0) is 20.9 Å². The lowest BCUT2D eigenvalue weighted by Crippen LogP contribution is -2.50. The molecular weight excluding hydrogens is 360 g/mol. The fourth-order valence-corrected chi connectivity index (χ4v) is 3.04. The van der Waals surface area contributed by atoms with Gasteiger partial charge in [-0.05, 0) is 52.2 Å². The summed E-state index contributed by atoms with van der Waals surface area (Å²) in [5.74, 6) is 0.0227. The Balaban J connectivity index is 1.60. The second kappa shape index (κ2) is 8.46. The van der Waals surface area contributed by atoms with E-state index in [0.717, 1.165) is 18.4 Å². The summed E-state index contributed by atoms with van der Waals surface area (Å²) in [7, 11) is 0. The molecule has 2 aromatic rings. The maximum Gasteiger partial charge on any atom is 0.411 e. The van der Waals surface area contributed by atoms with Crippen LogP contribution in [-0.4, -0.2) is 40.1 Å². The predicted molar refractivity (Wildman–Crippen MR) is 102 cm³/mol. The van der Waals surface area contributed by atoms with Crippen LogP contribution in [0.4, 0.5) is 4.79 Å². The number of carbonyl (C=O) groups is 2. The van der Waals surface area contributed by atoms with Crippen molar-refractivity contribution >= 4 is 12.1 Å². The van der Waals surface area contributed by atoms with Gasteiger partial charge in [0.15, 0.2) is 0 Å². The maximum atomic E-state index is 12.6. The highest BCUT2D eigenvalue weighted by atomic mass is 16.6. The molecule has 0 radical (unpaired) electrons. The van der Waals surface area contributed by atoms with Gasteiger partial charge in [-0.3, -0.25) is 4.90 Å². The van der Waals surface area contributed by atoms with Gasteiger partial charge in [-0.15, -0.1) is 0 Å². The van der Waals surface area contributed by atoms with Gasteiger partial charge in [-0.1, -0.05) is 18.2 Å². The molecule has 0 saturated carbocycles. The first kappa shape index (κ1) is 19.9. The van der Waals surface area contributed by atoms with Crippen molar-refractivity contribution in [3.8, 4) is 11.5 Å². The molecule has 0 spiro atoms. The number of likely N-dealkylation sites (tertiary alicyclic amines) is 1. The Bertz CT molecular complexity index is 810. The lowest BCUT2D eigenvalue weighted by molar-refractivity contribution is -0.152. The number of esters is 1. The molecule has 1 aromatic heterocycles. The molecule has 7 heteroatoms. The Kier molecular flexibility index (Phi) is 6.02. The molecule has 28 heavy (non-hydrogen) atoms. The van der Waals surface area contributed by atoms with Crippen molar-refractivity contribution in [2.75, 3.05) is 6.54 Å². The van der Waals surface area contributed by atoms with Gasteiger partial charge >= 0.3 is 12.1 Å². The number of amides is 1. The number of carbonyl (C=O) groups excluding carboxylic acids is 2. The molecule has 0 bridgehead atoms. The Labute approximate surface area is 164 Å². The fraction of sp³-hybridized carbons (Fsp3) is 0.476. The fourth-order valence-electron chi connectivity index (χ4n) is 3.04. The van der Waals surface area contributed by atoms with Gasteiger partial charge in [-0.25, -0.2) is 14.6 Å². The van der Waals surface area contributed by atoms with E-state index in [1.54, 1.807) is 20.8 Å². The van der Waals surface area contributed by atoms with Gasteiger partial charge in [-0.2, -0.15) is 0 Å². The van der Waals surface area contributed by atoms with Crippen LogP contribution in [0.25, 0.3) is 11.5 Å². The number of oxazole rings is 1. The van der Waals surface area contributed by atoms with Crippen molar-refractivity contribution in [2.45, 2.75) is 58.3 Å². The molecule has 1 saturated heterocycles. The molecule has 7 nitrogen and oxygen atoms in total. The van der Waals surface area contributed by atoms with E-state index in [0.29, 0.717) is 24.6 Å². The van der Waals surface area contributed by atoms with Crippen molar-refractivity contribution in [3.05, 3.63) is 42.3 Å². The third-order valence-electron chi connectivity index (χ3n) is 4.34. The summed E-state index contributed by atoms with van der Waals surface area (Å²) < 4.78 is 16.3. The summed E-state index contributed by atoms with van der Waals surface area (Å²) in [4.78, 5) is 30.8. The zero-order valence-corrected chi connectivity index (χ0v) is 16.5. The van der Waals surface area contributed by atoms with Gasteiger partial charge < -0.3 is 13.9 Å². The predicted octanol–water partition coefficient (Wildman–Crippen LogP) is 4.17. The molecule has 1 amide bonds. The minimum Gasteiger partial charge on any atom is -0.458 e. The summed E-state index contributed by atoms with van der Waals surface area (Å²) in [6.07, 6.45) is 3.25.